The molecule has 0 bridgehead atoms. The van der Waals surface area contributed by atoms with Crippen LogP contribution in [0, 0.1) is 10.1 Å². The fourth-order valence-corrected chi connectivity index (χ4v) is 2.60. The lowest BCUT2D eigenvalue weighted by Gasteiger charge is -2.09. The molecule has 1 aromatic heterocycles. The Labute approximate surface area is 169 Å². The van der Waals surface area contributed by atoms with Gasteiger partial charge in [-0.25, -0.2) is 9.13 Å². The fourth-order valence-electron chi connectivity index (χ4n) is 2.60. The van der Waals surface area contributed by atoms with Gasteiger partial charge in [-0.05, 0) is 17.7 Å². The average Bonchev–Trinajstić information content (AvgIpc) is 3.06. The van der Waals surface area contributed by atoms with E-state index in [0.717, 1.165) is 5.56 Å². The third kappa shape index (κ3) is 6.26. The number of nitrogens with one attached hydrogen (secondary N) is 1. The highest BCUT2D eigenvalue weighted by Gasteiger charge is 2.15. The molecule has 2 aromatic carbocycles. The van der Waals surface area contributed by atoms with Crippen molar-refractivity contribution in [2.75, 3.05) is 11.9 Å². The molecule has 0 fully saturated rings. The van der Waals surface area contributed by atoms with Crippen LogP contribution in [0.15, 0.2) is 67.3 Å². The third-order valence-corrected chi connectivity index (χ3v) is 3.92. The molecule has 0 aliphatic heterocycles. The maximum atomic E-state index is 11.4. The largest absolute Gasteiger partial charge is 1.00 e. The van der Waals surface area contributed by atoms with Crippen LogP contribution in [0.5, 0.6) is 5.75 Å². The highest BCUT2D eigenvalue weighted by atomic mass is 35.5. The molecular weight excluding hydrogens is 384 g/mol. The summed E-state index contributed by atoms with van der Waals surface area (Å²) in [6, 6.07) is 14.6. The molecular formula is C19H23ClN4O4. The van der Waals surface area contributed by atoms with Crippen LogP contribution in [0.4, 0.5) is 11.4 Å². The highest BCUT2D eigenvalue weighted by molar-refractivity contribution is 5.63. The normalized spacial score (nSPS) is 9.75. The zero-order valence-corrected chi connectivity index (χ0v) is 16.2. The van der Waals surface area contributed by atoms with E-state index >= 15 is 0 Å². The first-order valence-corrected chi connectivity index (χ1v) is 8.32. The number of imidazole rings is 1. The minimum Gasteiger partial charge on any atom is -1.00 e. The molecule has 1 heterocycles. The second kappa shape index (κ2) is 10.9. The molecule has 3 N–H and O–H groups in total. The fraction of sp³-hybridized carbons (Fsp3) is 0.211. The number of nitrogens with zero attached hydrogens (tertiary/aromatic N) is 3. The first kappa shape index (κ1) is 22.9. The number of nitro groups is 1. The van der Waals surface area contributed by atoms with Crippen molar-refractivity contribution in [3.05, 3.63) is 82.9 Å². The number of hydrogen-bond donors (Lipinski definition) is 1. The quantitative estimate of drug-likeness (QED) is 0.297. The molecule has 0 spiro atoms. The van der Waals surface area contributed by atoms with Gasteiger partial charge >= 0.3 is 0 Å². The van der Waals surface area contributed by atoms with E-state index in [1.807, 2.05) is 65.2 Å². The zero-order chi connectivity index (χ0) is 18.4. The Bertz CT molecular complexity index is 887. The van der Waals surface area contributed by atoms with E-state index < -0.39 is 4.92 Å². The molecule has 3 aromatic rings. The predicted molar refractivity (Wildman–Crippen MR) is 102 cm³/mol. The van der Waals surface area contributed by atoms with Gasteiger partial charge in [0.2, 0.25) is 6.33 Å². The molecule has 0 aliphatic rings. The van der Waals surface area contributed by atoms with Crippen molar-refractivity contribution in [1.29, 1.82) is 0 Å². The van der Waals surface area contributed by atoms with E-state index in [4.69, 9.17) is 4.74 Å². The average molecular weight is 407 g/mol. The number of anilines is 1. The third-order valence-electron chi connectivity index (χ3n) is 3.92. The number of aryl methyl sites for hydroxylation is 1. The van der Waals surface area contributed by atoms with Crippen LogP contribution < -0.4 is 27.0 Å². The molecule has 0 saturated heterocycles. The van der Waals surface area contributed by atoms with Gasteiger partial charge in [0.25, 0.3) is 5.69 Å². The minimum absolute atomic E-state index is 0. The van der Waals surface area contributed by atoms with E-state index in [0.29, 0.717) is 31.1 Å². The van der Waals surface area contributed by atoms with Crippen LogP contribution in [-0.4, -0.2) is 21.5 Å². The minimum atomic E-state index is -0.395. The zero-order valence-electron chi connectivity index (χ0n) is 15.4. The number of rotatable bonds is 8. The van der Waals surface area contributed by atoms with Gasteiger partial charge in [-0.1, -0.05) is 30.3 Å². The Morgan fingerprint density at radius 1 is 1.21 bits per heavy atom. The van der Waals surface area contributed by atoms with E-state index in [1.165, 1.54) is 6.07 Å². The molecule has 0 amide bonds. The SMILES string of the molecule is Cn1cc[n+](CCNc2ccc(OCc3ccccc3)cc2[N+](=O)[O-])c1.O.[Cl-]. The molecule has 9 heteroatoms. The Morgan fingerprint density at radius 2 is 1.96 bits per heavy atom. The molecule has 0 saturated carbocycles. The summed E-state index contributed by atoms with van der Waals surface area (Å²) >= 11 is 0. The highest BCUT2D eigenvalue weighted by Crippen LogP contribution is 2.29. The van der Waals surface area contributed by atoms with Gasteiger partial charge in [0.1, 0.15) is 37.0 Å². The van der Waals surface area contributed by atoms with Crippen molar-refractivity contribution in [2.45, 2.75) is 13.2 Å². The molecule has 150 valence electrons. The topological polar surface area (TPSA) is 105 Å². The Balaban J connectivity index is 0.00000196. The van der Waals surface area contributed by atoms with Crippen LogP contribution >= 0.6 is 0 Å². The lowest BCUT2D eigenvalue weighted by Crippen LogP contribution is -3.00. The van der Waals surface area contributed by atoms with Crippen LogP contribution in [0.25, 0.3) is 0 Å². The standard InChI is InChI=1S/C19H21N4O3.ClH.H2O/c1-21-11-12-22(15-21)10-9-20-18-8-7-17(13-19(18)23(24)25)26-14-16-5-3-2-4-6-16;;/h2-8,11-13,15,20H,9-10,14H2,1H3;1H;1H2/q+1;;/p-1. The molecule has 28 heavy (non-hydrogen) atoms. The lowest BCUT2D eigenvalue weighted by molar-refractivity contribution is -0.693. The van der Waals surface area contributed by atoms with Crippen molar-refractivity contribution in [3.63, 3.8) is 0 Å². The first-order valence-electron chi connectivity index (χ1n) is 8.32. The maximum absolute atomic E-state index is 11.4. The van der Waals surface area contributed by atoms with E-state index in [-0.39, 0.29) is 23.6 Å². The molecule has 8 nitrogen and oxygen atoms in total. The van der Waals surface area contributed by atoms with Gasteiger partial charge in [0.05, 0.1) is 24.6 Å². The number of halogens is 1. The first-order chi connectivity index (χ1) is 12.6. The van der Waals surface area contributed by atoms with E-state index in [2.05, 4.69) is 5.32 Å². The predicted octanol–water partition coefficient (Wildman–Crippen LogP) is -0.909. The van der Waals surface area contributed by atoms with Gasteiger partial charge in [-0.2, -0.15) is 0 Å². The number of hydrogen-bond acceptors (Lipinski definition) is 4. The number of ether oxygens (including phenoxy) is 1. The monoisotopic (exact) mass is 406 g/mol. The summed E-state index contributed by atoms with van der Waals surface area (Å²) in [4.78, 5) is 11.0. The van der Waals surface area contributed by atoms with Crippen molar-refractivity contribution >= 4 is 11.4 Å². The van der Waals surface area contributed by atoms with Gasteiger partial charge in [0.15, 0.2) is 0 Å². The van der Waals surface area contributed by atoms with Gasteiger partial charge in [-0.15, -0.1) is 0 Å². The smallest absolute Gasteiger partial charge is 0.296 e. The number of benzene rings is 2. The summed E-state index contributed by atoms with van der Waals surface area (Å²) in [7, 11) is 1.95. The maximum Gasteiger partial charge on any atom is 0.296 e. The summed E-state index contributed by atoms with van der Waals surface area (Å²) in [5.41, 5.74) is 1.50. The second-order valence-corrected chi connectivity index (χ2v) is 5.95. The van der Waals surface area contributed by atoms with Crippen molar-refractivity contribution in [3.8, 4) is 5.75 Å². The van der Waals surface area contributed by atoms with Crippen molar-refractivity contribution < 1.29 is 32.1 Å². The Morgan fingerprint density at radius 3 is 2.61 bits per heavy atom. The molecule has 3 rings (SSSR count). The molecule has 0 atom stereocenters. The van der Waals surface area contributed by atoms with Gasteiger partial charge < -0.3 is 27.9 Å². The van der Waals surface area contributed by atoms with Crippen molar-refractivity contribution in [1.82, 2.24) is 4.57 Å². The second-order valence-electron chi connectivity index (χ2n) is 5.95. The molecule has 0 unspecified atom stereocenters. The summed E-state index contributed by atoms with van der Waals surface area (Å²) < 4.78 is 9.63. The lowest BCUT2D eigenvalue weighted by atomic mass is 10.2. The Hall–Kier alpha value is -3.10. The van der Waals surface area contributed by atoms with Crippen LogP contribution in [0.1, 0.15) is 5.56 Å². The van der Waals surface area contributed by atoms with E-state index in [9.17, 15) is 10.1 Å². The summed E-state index contributed by atoms with van der Waals surface area (Å²) in [5.74, 6) is 0.475. The molecule has 0 aliphatic carbocycles. The molecule has 0 radical (unpaired) electrons. The van der Waals surface area contributed by atoms with Gasteiger partial charge in [0, 0.05) is 0 Å². The van der Waals surface area contributed by atoms with Gasteiger partial charge in [-0.3, -0.25) is 10.1 Å². The summed E-state index contributed by atoms with van der Waals surface area (Å²) in [6.07, 6.45) is 5.86. The van der Waals surface area contributed by atoms with Crippen LogP contribution in [-0.2, 0) is 20.2 Å². The van der Waals surface area contributed by atoms with E-state index in [1.54, 1.807) is 12.1 Å². The summed E-state index contributed by atoms with van der Waals surface area (Å²) in [6.45, 7) is 1.67. The number of nitro benzene ring substituents is 1. The van der Waals surface area contributed by atoms with Crippen LogP contribution in [0.3, 0.4) is 0 Å². The number of aromatic nitrogens is 2. The van der Waals surface area contributed by atoms with Crippen molar-refractivity contribution in [2.24, 2.45) is 7.05 Å². The summed E-state index contributed by atoms with van der Waals surface area (Å²) in [5, 5.41) is 14.5. The Kier molecular flexibility index (Phi) is 8.94. The van der Waals surface area contributed by atoms with Crippen LogP contribution in [0.2, 0.25) is 0 Å².